The first-order valence-corrected chi connectivity index (χ1v) is 7.01. The molecular formula is C13H17NO2S. The highest BCUT2D eigenvalue weighted by atomic mass is 32.1. The van der Waals surface area contributed by atoms with Gasteiger partial charge in [-0.2, -0.15) is 0 Å². The van der Waals surface area contributed by atoms with Gasteiger partial charge in [-0.25, -0.2) is 4.98 Å². The van der Waals surface area contributed by atoms with E-state index in [0.29, 0.717) is 6.42 Å². The molecule has 1 aliphatic heterocycles. The van der Waals surface area contributed by atoms with Crippen molar-refractivity contribution in [3.8, 4) is 0 Å². The predicted molar refractivity (Wildman–Crippen MR) is 66.5 cm³/mol. The molecule has 17 heavy (non-hydrogen) atoms. The lowest BCUT2D eigenvalue weighted by atomic mass is 9.78. The molecule has 0 N–H and O–H groups in total. The van der Waals surface area contributed by atoms with Gasteiger partial charge in [0.25, 0.3) is 0 Å². The molecule has 92 valence electrons. The average molecular weight is 251 g/mol. The van der Waals surface area contributed by atoms with Crippen molar-refractivity contribution >= 4 is 17.1 Å². The Kier molecular flexibility index (Phi) is 2.60. The summed E-state index contributed by atoms with van der Waals surface area (Å²) in [6, 6.07) is 0. The molecule has 1 unspecified atom stereocenters. The fourth-order valence-corrected chi connectivity index (χ4v) is 3.75. The van der Waals surface area contributed by atoms with Crippen molar-refractivity contribution in [1.29, 1.82) is 0 Å². The van der Waals surface area contributed by atoms with E-state index in [1.165, 1.54) is 0 Å². The molecule has 1 aromatic rings. The van der Waals surface area contributed by atoms with Gasteiger partial charge in [-0.1, -0.05) is 13.8 Å². The largest absolute Gasteiger partial charge is 0.371 e. The summed E-state index contributed by atoms with van der Waals surface area (Å²) >= 11 is 1.56. The van der Waals surface area contributed by atoms with Crippen LogP contribution < -0.4 is 0 Å². The lowest BCUT2D eigenvalue weighted by Gasteiger charge is -2.26. The van der Waals surface area contributed by atoms with Gasteiger partial charge in [0.2, 0.25) is 0 Å². The van der Waals surface area contributed by atoms with Crippen LogP contribution in [0.15, 0.2) is 0 Å². The van der Waals surface area contributed by atoms with Gasteiger partial charge in [0.05, 0.1) is 10.6 Å². The summed E-state index contributed by atoms with van der Waals surface area (Å²) in [5.74, 6) is 0.262. The van der Waals surface area contributed by atoms with Crippen molar-refractivity contribution in [2.24, 2.45) is 5.41 Å². The normalized spacial score (nSPS) is 27.2. The fraction of sp³-hybridized carbons (Fsp3) is 0.692. The molecule has 1 atom stereocenters. The van der Waals surface area contributed by atoms with Crippen LogP contribution in [-0.2, 0) is 11.2 Å². The molecule has 0 bridgehead atoms. The first kappa shape index (κ1) is 11.4. The van der Waals surface area contributed by atoms with Gasteiger partial charge in [-0.15, -0.1) is 11.3 Å². The number of fused-ring (bicyclic) bond motifs is 1. The number of ketones is 1. The Labute approximate surface area is 105 Å². The lowest BCUT2D eigenvalue weighted by Crippen LogP contribution is -2.26. The monoisotopic (exact) mass is 251 g/mol. The number of thiazole rings is 1. The van der Waals surface area contributed by atoms with Crippen molar-refractivity contribution in [3.05, 3.63) is 15.6 Å². The van der Waals surface area contributed by atoms with Crippen molar-refractivity contribution in [2.45, 2.75) is 45.6 Å². The maximum Gasteiger partial charge on any atom is 0.175 e. The average Bonchev–Trinajstić information content (AvgIpc) is 2.81. The van der Waals surface area contributed by atoms with Crippen LogP contribution in [0, 0.1) is 5.41 Å². The van der Waals surface area contributed by atoms with E-state index in [9.17, 15) is 4.79 Å². The van der Waals surface area contributed by atoms with E-state index in [-0.39, 0.29) is 17.3 Å². The number of carbonyl (C=O) groups excluding carboxylic acids is 1. The van der Waals surface area contributed by atoms with Crippen molar-refractivity contribution in [1.82, 2.24) is 4.98 Å². The fourth-order valence-electron chi connectivity index (χ4n) is 2.65. The number of Topliss-reactive ketones (excluding diaryl/α,β-unsaturated/α-hetero) is 1. The minimum Gasteiger partial charge on any atom is -0.371 e. The van der Waals surface area contributed by atoms with E-state index >= 15 is 0 Å². The Balaban J connectivity index is 1.94. The van der Waals surface area contributed by atoms with Crippen LogP contribution in [0.1, 0.15) is 59.6 Å². The highest BCUT2D eigenvalue weighted by molar-refractivity contribution is 7.14. The summed E-state index contributed by atoms with van der Waals surface area (Å²) in [6.45, 7) is 5.10. The molecule has 0 amide bonds. The maximum atomic E-state index is 12.1. The summed E-state index contributed by atoms with van der Waals surface area (Å²) in [5, 5.41) is 1.01. The van der Waals surface area contributed by atoms with Crippen LogP contribution in [0.2, 0.25) is 0 Å². The summed E-state index contributed by atoms with van der Waals surface area (Å²) in [7, 11) is 0. The van der Waals surface area contributed by atoms with Crippen LogP contribution in [-0.4, -0.2) is 17.4 Å². The number of hydrogen-bond donors (Lipinski definition) is 0. The standard InChI is InChI=1S/C13H17NO2S/c1-13(2)6-8-11(9(15)7-13)17-12(14-8)10-4-3-5-16-10/h10H,3-7H2,1-2H3. The third-order valence-electron chi connectivity index (χ3n) is 3.46. The number of carbonyl (C=O) groups is 1. The number of ether oxygens (including phenoxy) is 1. The molecule has 1 aromatic heterocycles. The molecule has 0 spiro atoms. The third kappa shape index (κ3) is 2.04. The van der Waals surface area contributed by atoms with Crippen molar-refractivity contribution in [2.75, 3.05) is 6.61 Å². The zero-order valence-electron chi connectivity index (χ0n) is 10.3. The second-order valence-corrected chi connectivity index (χ2v) is 6.80. The molecule has 3 rings (SSSR count). The summed E-state index contributed by atoms with van der Waals surface area (Å²) in [4.78, 5) is 17.6. The minimum atomic E-state index is 0.0615. The number of hydrogen-bond acceptors (Lipinski definition) is 4. The Morgan fingerprint density at radius 3 is 2.94 bits per heavy atom. The van der Waals surface area contributed by atoms with E-state index in [4.69, 9.17) is 4.74 Å². The molecule has 1 fully saturated rings. The summed E-state index contributed by atoms with van der Waals surface area (Å²) in [5.41, 5.74) is 1.06. The zero-order valence-corrected chi connectivity index (χ0v) is 11.1. The van der Waals surface area contributed by atoms with Crippen LogP contribution >= 0.6 is 11.3 Å². The van der Waals surface area contributed by atoms with E-state index in [2.05, 4.69) is 18.8 Å². The van der Waals surface area contributed by atoms with E-state index < -0.39 is 0 Å². The van der Waals surface area contributed by atoms with Crippen LogP contribution in [0.4, 0.5) is 0 Å². The summed E-state index contributed by atoms with van der Waals surface area (Å²) in [6.07, 6.45) is 3.85. The smallest absolute Gasteiger partial charge is 0.175 e. The molecule has 1 saturated heterocycles. The lowest BCUT2D eigenvalue weighted by molar-refractivity contribution is 0.0915. The molecule has 1 aliphatic carbocycles. The van der Waals surface area contributed by atoms with Gasteiger partial charge >= 0.3 is 0 Å². The summed E-state index contributed by atoms with van der Waals surface area (Å²) < 4.78 is 5.64. The number of aromatic nitrogens is 1. The maximum absolute atomic E-state index is 12.1. The highest BCUT2D eigenvalue weighted by Gasteiger charge is 2.35. The SMILES string of the molecule is CC1(C)CC(=O)c2sc(C3CCCO3)nc2C1. The van der Waals surface area contributed by atoms with E-state index in [1.807, 2.05) is 0 Å². The molecular weight excluding hydrogens is 234 g/mol. The first-order valence-electron chi connectivity index (χ1n) is 6.20. The third-order valence-corrected chi connectivity index (χ3v) is 4.69. The van der Waals surface area contributed by atoms with Gasteiger partial charge in [-0.3, -0.25) is 4.79 Å². The topological polar surface area (TPSA) is 39.2 Å². The Morgan fingerprint density at radius 2 is 2.24 bits per heavy atom. The quantitative estimate of drug-likeness (QED) is 0.769. The van der Waals surface area contributed by atoms with Gasteiger partial charge in [0.15, 0.2) is 5.78 Å². The Bertz CT molecular complexity index is 458. The Hall–Kier alpha value is -0.740. The minimum absolute atomic E-state index is 0.0615. The van der Waals surface area contributed by atoms with Crippen LogP contribution in [0.3, 0.4) is 0 Å². The van der Waals surface area contributed by atoms with Gasteiger partial charge in [-0.05, 0) is 24.7 Å². The van der Waals surface area contributed by atoms with E-state index in [1.54, 1.807) is 11.3 Å². The van der Waals surface area contributed by atoms with Crippen LogP contribution in [0.25, 0.3) is 0 Å². The highest BCUT2D eigenvalue weighted by Crippen LogP contribution is 2.40. The molecule has 4 heteroatoms. The zero-order chi connectivity index (χ0) is 12.0. The predicted octanol–water partition coefficient (Wildman–Crippen LogP) is 3.15. The van der Waals surface area contributed by atoms with Crippen LogP contribution in [0.5, 0.6) is 0 Å². The Morgan fingerprint density at radius 1 is 1.41 bits per heavy atom. The van der Waals surface area contributed by atoms with Crippen molar-refractivity contribution in [3.63, 3.8) is 0 Å². The molecule has 0 saturated carbocycles. The van der Waals surface area contributed by atoms with Gasteiger partial charge in [0, 0.05) is 13.0 Å². The molecule has 3 nitrogen and oxygen atoms in total. The number of rotatable bonds is 1. The number of nitrogens with zero attached hydrogens (tertiary/aromatic N) is 1. The van der Waals surface area contributed by atoms with Crippen molar-refractivity contribution < 1.29 is 9.53 Å². The molecule has 2 aliphatic rings. The second-order valence-electron chi connectivity index (χ2n) is 5.77. The first-order chi connectivity index (χ1) is 8.05. The van der Waals surface area contributed by atoms with Gasteiger partial charge in [0.1, 0.15) is 11.1 Å². The van der Waals surface area contributed by atoms with Gasteiger partial charge < -0.3 is 4.74 Å². The second kappa shape index (κ2) is 3.89. The molecule has 0 aromatic carbocycles. The molecule has 2 heterocycles. The molecule has 0 radical (unpaired) electrons. The van der Waals surface area contributed by atoms with E-state index in [0.717, 1.165) is 41.4 Å².